The van der Waals surface area contributed by atoms with E-state index in [4.69, 9.17) is 19.9 Å². The standard InChI is InChI=1S/C26H43N3O5/c1-8-19-10-11-20(14-23(19)33-13-9-12-32-7)24(30)29(18(2)3)16-21-15-28(17-22(21)27)25(31)34-26(4,5)6/h10-11,14,18,21-22H,8-9,12-13,15-17,27H2,1-7H3. The number of hydrogen-bond donors (Lipinski definition) is 1. The van der Waals surface area contributed by atoms with Crippen LogP contribution in [-0.4, -0.2) is 79.4 Å². The summed E-state index contributed by atoms with van der Waals surface area (Å²) in [5.41, 5.74) is 7.47. The van der Waals surface area contributed by atoms with Crippen molar-refractivity contribution in [3.8, 4) is 5.75 Å². The molecule has 0 bridgehead atoms. The summed E-state index contributed by atoms with van der Waals surface area (Å²) in [6.07, 6.45) is 1.24. The molecule has 192 valence electrons. The molecular formula is C26H43N3O5. The Labute approximate surface area is 204 Å². The molecule has 8 heteroatoms. The lowest BCUT2D eigenvalue weighted by Crippen LogP contribution is -2.44. The van der Waals surface area contributed by atoms with Crippen LogP contribution in [0.3, 0.4) is 0 Å². The molecule has 2 N–H and O–H groups in total. The van der Waals surface area contributed by atoms with Crippen LogP contribution in [0.4, 0.5) is 4.79 Å². The predicted molar refractivity (Wildman–Crippen MR) is 133 cm³/mol. The summed E-state index contributed by atoms with van der Waals surface area (Å²) in [6, 6.07) is 5.42. The number of carbonyl (C=O) groups is 2. The van der Waals surface area contributed by atoms with Gasteiger partial charge in [-0.15, -0.1) is 0 Å². The minimum absolute atomic E-state index is 0.0211. The molecule has 1 fully saturated rings. The van der Waals surface area contributed by atoms with Gasteiger partial charge in [-0.2, -0.15) is 0 Å². The summed E-state index contributed by atoms with van der Waals surface area (Å²) in [5, 5.41) is 0. The van der Waals surface area contributed by atoms with Crippen molar-refractivity contribution >= 4 is 12.0 Å². The molecular weight excluding hydrogens is 434 g/mol. The number of amides is 2. The monoisotopic (exact) mass is 477 g/mol. The zero-order valence-corrected chi connectivity index (χ0v) is 21.9. The number of ether oxygens (including phenoxy) is 3. The van der Waals surface area contributed by atoms with Gasteiger partial charge in [0.05, 0.1) is 6.61 Å². The first kappa shape index (κ1) is 27.9. The van der Waals surface area contributed by atoms with E-state index in [1.54, 1.807) is 12.0 Å². The molecule has 1 aromatic carbocycles. The van der Waals surface area contributed by atoms with E-state index >= 15 is 0 Å². The SMILES string of the molecule is CCc1ccc(C(=O)N(CC2CN(C(=O)OC(C)(C)C)CC2N)C(C)C)cc1OCCCOC. The lowest BCUT2D eigenvalue weighted by Gasteiger charge is -2.31. The van der Waals surface area contributed by atoms with Crippen molar-refractivity contribution in [2.45, 2.75) is 72.1 Å². The zero-order valence-electron chi connectivity index (χ0n) is 21.9. The molecule has 1 saturated heterocycles. The molecule has 8 nitrogen and oxygen atoms in total. The summed E-state index contributed by atoms with van der Waals surface area (Å²) in [5.74, 6) is 0.641. The Balaban J connectivity index is 2.13. The highest BCUT2D eigenvalue weighted by Gasteiger charge is 2.37. The number of aryl methyl sites for hydroxylation is 1. The quantitative estimate of drug-likeness (QED) is 0.516. The largest absolute Gasteiger partial charge is 0.493 e. The topological polar surface area (TPSA) is 94.3 Å². The van der Waals surface area contributed by atoms with Gasteiger partial charge in [-0.25, -0.2) is 4.79 Å². The maximum absolute atomic E-state index is 13.5. The van der Waals surface area contributed by atoms with Crippen LogP contribution in [0.2, 0.25) is 0 Å². The Bertz CT molecular complexity index is 821. The summed E-state index contributed by atoms with van der Waals surface area (Å²) in [7, 11) is 1.67. The van der Waals surface area contributed by atoms with E-state index in [1.807, 2.05) is 57.7 Å². The first-order valence-corrected chi connectivity index (χ1v) is 12.3. The molecule has 1 aliphatic heterocycles. The van der Waals surface area contributed by atoms with Crippen molar-refractivity contribution in [1.82, 2.24) is 9.80 Å². The Morgan fingerprint density at radius 3 is 2.50 bits per heavy atom. The van der Waals surface area contributed by atoms with E-state index in [9.17, 15) is 9.59 Å². The molecule has 1 aliphatic rings. The fraction of sp³-hybridized carbons (Fsp3) is 0.692. The number of methoxy groups -OCH3 is 1. The van der Waals surface area contributed by atoms with E-state index < -0.39 is 5.60 Å². The Hall–Kier alpha value is -2.32. The van der Waals surface area contributed by atoms with Crippen molar-refractivity contribution in [2.75, 3.05) is 40.0 Å². The lowest BCUT2D eigenvalue weighted by atomic mass is 10.0. The minimum Gasteiger partial charge on any atom is -0.493 e. The average molecular weight is 478 g/mol. The fourth-order valence-corrected chi connectivity index (χ4v) is 4.01. The Morgan fingerprint density at radius 1 is 1.21 bits per heavy atom. The fourth-order valence-electron chi connectivity index (χ4n) is 4.01. The van der Waals surface area contributed by atoms with E-state index in [0.717, 1.165) is 24.2 Å². The molecule has 2 amide bonds. The highest BCUT2D eigenvalue weighted by molar-refractivity contribution is 5.95. The Kier molecular flexibility index (Phi) is 10.2. The van der Waals surface area contributed by atoms with Crippen LogP contribution < -0.4 is 10.5 Å². The molecule has 2 unspecified atom stereocenters. The number of rotatable bonds is 10. The van der Waals surface area contributed by atoms with Gasteiger partial charge in [-0.05, 0) is 58.7 Å². The normalized spacial score (nSPS) is 18.3. The van der Waals surface area contributed by atoms with Gasteiger partial charge in [-0.1, -0.05) is 13.0 Å². The average Bonchev–Trinajstić information content (AvgIpc) is 3.13. The second kappa shape index (κ2) is 12.4. The molecule has 34 heavy (non-hydrogen) atoms. The van der Waals surface area contributed by atoms with Gasteiger partial charge in [0.1, 0.15) is 11.4 Å². The first-order valence-electron chi connectivity index (χ1n) is 12.3. The van der Waals surface area contributed by atoms with Gasteiger partial charge in [-0.3, -0.25) is 4.79 Å². The smallest absolute Gasteiger partial charge is 0.410 e. The van der Waals surface area contributed by atoms with Crippen LogP contribution in [0.5, 0.6) is 5.75 Å². The molecule has 0 radical (unpaired) electrons. The van der Waals surface area contributed by atoms with Gasteiger partial charge in [0, 0.05) is 63.3 Å². The maximum atomic E-state index is 13.5. The van der Waals surface area contributed by atoms with Crippen molar-refractivity contribution in [3.63, 3.8) is 0 Å². The minimum atomic E-state index is -0.562. The lowest BCUT2D eigenvalue weighted by molar-refractivity contribution is 0.0284. The van der Waals surface area contributed by atoms with Gasteiger partial charge in [0.25, 0.3) is 5.91 Å². The number of likely N-dealkylation sites (tertiary alicyclic amines) is 1. The highest BCUT2D eigenvalue weighted by atomic mass is 16.6. The molecule has 1 heterocycles. The van der Waals surface area contributed by atoms with Crippen LogP contribution in [0.15, 0.2) is 18.2 Å². The van der Waals surface area contributed by atoms with Crippen molar-refractivity contribution in [1.29, 1.82) is 0 Å². The van der Waals surface area contributed by atoms with E-state index in [0.29, 0.717) is 38.4 Å². The third-order valence-corrected chi connectivity index (χ3v) is 5.90. The summed E-state index contributed by atoms with van der Waals surface area (Å²) >= 11 is 0. The predicted octanol–water partition coefficient (Wildman–Crippen LogP) is 3.71. The van der Waals surface area contributed by atoms with Crippen LogP contribution in [0.25, 0.3) is 0 Å². The third kappa shape index (κ3) is 7.87. The van der Waals surface area contributed by atoms with Crippen LogP contribution in [0, 0.1) is 5.92 Å². The number of nitrogens with two attached hydrogens (primary N) is 1. The molecule has 0 saturated carbocycles. The number of hydrogen-bond acceptors (Lipinski definition) is 6. The van der Waals surface area contributed by atoms with Crippen LogP contribution in [0.1, 0.15) is 63.9 Å². The van der Waals surface area contributed by atoms with Gasteiger partial charge in [0.15, 0.2) is 0 Å². The maximum Gasteiger partial charge on any atom is 0.410 e. The van der Waals surface area contributed by atoms with E-state index in [-0.39, 0.29) is 30.0 Å². The summed E-state index contributed by atoms with van der Waals surface area (Å²) in [4.78, 5) is 29.5. The van der Waals surface area contributed by atoms with Gasteiger partial charge in [0.2, 0.25) is 0 Å². The zero-order chi connectivity index (χ0) is 25.5. The second-order valence-electron chi connectivity index (χ2n) is 10.2. The molecule has 2 rings (SSSR count). The van der Waals surface area contributed by atoms with Crippen LogP contribution >= 0.6 is 0 Å². The molecule has 0 aliphatic carbocycles. The molecule has 1 aromatic rings. The molecule has 2 atom stereocenters. The van der Waals surface area contributed by atoms with Crippen molar-refractivity contribution < 1.29 is 23.8 Å². The highest BCUT2D eigenvalue weighted by Crippen LogP contribution is 2.25. The first-order chi connectivity index (χ1) is 16.0. The van der Waals surface area contributed by atoms with Crippen molar-refractivity contribution in [3.05, 3.63) is 29.3 Å². The number of benzene rings is 1. The second-order valence-corrected chi connectivity index (χ2v) is 10.2. The van der Waals surface area contributed by atoms with Crippen molar-refractivity contribution in [2.24, 2.45) is 11.7 Å². The molecule has 0 aromatic heterocycles. The number of nitrogens with zero attached hydrogens (tertiary/aromatic N) is 2. The summed E-state index contributed by atoms with van der Waals surface area (Å²) < 4.78 is 16.6. The van der Waals surface area contributed by atoms with Gasteiger partial charge >= 0.3 is 6.09 Å². The molecule has 0 spiro atoms. The third-order valence-electron chi connectivity index (χ3n) is 5.90. The van der Waals surface area contributed by atoms with E-state index in [2.05, 4.69) is 6.92 Å². The van der Waals surface area contributed by atoms with Crippen LogP contribution in [-0.2, 0) is 15.9 Å². The summed E-state index contributed by atoms with van der Waals surface area (Å²) in [6.45, 7) is 14.1. The van der Waals surface area contributed by atoms with Gasteiger partial charge < -0.3 is 29.7 Å². The van der Waals surface area contributed by atoms with E-state index in [1.165, 1.54) is 0 Å². The number of carbonyl (C=O) groups excluding carboxylic acids is 2. The Morgan fingerprint density at radius 2 is 1.91 bits per heavy atom.